The zero-order chi connectivity index (χ0) is 17.8. The first-order chi connectivity index (χ1) is 12.0. The van der Waals surface area contributed by atoms with Gasteiger partial charge in [-0.3, -0.25) is 4.79 Å². The summed E-state index contributed by atoms with van der Waals surface area (Å²) in [7, 11) is 0. The molecule has 0 unspecified atom stereocenters. The lowest BCUT2D eigenvalue weighted by molar-refractivity contribution is 0.101. The molecule has 6 heteroatoms. The maximum Gasteiger partial charge on any atom is 0.321 e. The Morgan fingerprint density at radius 3 is 2.20 bits per heavy atom. The van der Waals surface area contributed by atoms with Crippen LogP contribution in [-0.2, 0) is 0 Å². The van der Waals surface area contributed by atoms with Gasteiger partial charge >= 0.3 is 6.03 Å². The molecule has 1 N–H and O–H groups in total. The number of hydrogen-bond donors (Lipinski definition) is 1. The summed E-state index contributed by atoms with van der Waals surface area (Å²) in [5, 5.41) is 2.94. The van der Waals surface area contributed by atoms with Crippen molar-refractivity contribution >= 4 is 39.1 Å². The molecule has 2 amide bonds. The van der Waals surface area contributed by atoms with E-state index in [0.29, 0.717) is 13.1 Å². The molecule has 25 heavy (non-hydrogen) atoms. The normalized spacial score (nSPS) is 14.3. The summed E-state index contributed by atoms with van der Waals surface area (Å²) in [6.45, 7) is 4.42. The van der Waals surface area contributed by atoms with Crippen molar-refractivity contribution in [3.05, 3.63) is 58.6 Å². The molecule has 0 atom stereocenters. The number of Topliss-reactive ketones (excluding diaryl/α,β-unsaturated/α-hetero) is 1. The number of halogens is 1. The first kappa shape index (κ1) is 17.5. The minimum atomic E-state index is -0.0847. The third-order valence-electron chi connectivity index (χ3n) is 4.32. The number of amides is 2. The quantitative estimate of drug-likeness (QED) is 0.790. The van der Waals surface area contributed by atoms with Gasteiger partial charge in [-0.25, -0.2) is 4.79 Å². The number of anilines is 2. The van der Waals surface area contributed by atoms with Crippen LogP contribution in [0.3, 0.4) is 0 Å². The number of ketones is 1. The third kappa shape index (κ3) is 4.20. The van der Waals surface area contributed by atoms with E-state index < -0.39 is 0 Å². The van der Waals surface area contributed by atoms with Gasteiger partial charge in [0.2, 0.25) is 0 Å². The highest BCUT2D eigenvalue weighted by atomic mass is 79.9. The Labute approximate surface area is 155 Å². The predicted octanol–water partition coefficient (Wildman–Crippen LogP) is 4.01. The molecule has 2 aromatic rings. The lowest BCUT2D eigenvalue weighted by atomic mass is 10.1. The van der Waals surface area contributed by atoms with E-state index in [1.807, 2.05) is 53.4 Å². The highest BCUT2D eigenvalue weighted by Gasteiger charge is 2.21. The minimum Gasteiger partial charge on any atom is -0.368 e. The monoisotopic (exact) mass is 401 g/mol. The fourth-order valence-electron chi connectivity index (χ4n) is 2.83. The first-order valence-electron chi connectivity index (χ1n) is 8.21. The van der Waals surface area contributed by atoms with Crippen LogP contribution < -0.4 is 10.2 Å². The maximum absolute atomic E-state index is 12.4. The zero-order valence-electron chi connectivity index (χ0n) is 14.0. The molecule has 0 saturated carbocycles. The first-order valence-corrected chi connectivity index (χ1v) is 9.00. The molecule has 5 nitrogen and oxygen atoms in total. The largest absolute Gasteiger partial charge is 0.368 e. The lowest BCUT2D eigenvalue weighted by Gasteiger charge is -2.36. The highest BCUT2D eigenvalue weighted by molar-refractivity contribution is 9.10. The van der Waals surface area contributed by atoms with Gasteiger partial charge in [-0.2, -0.15) is 0 Å². The Kier molecular flexibility index (Phi) is 5.38. The van der Waals surface area contributed by atoms with Crippen LogP contribution in [-0.4, -0.2) is 42.9 Å². The van der Waals surface area contributed by atoms with Gasteiger partial charge in [-0.1, -0.05) is 12.1 Å². The fraction of sp³-hybridized carbons (Fsp3) is 0.263. The number of nitrogens with zero attached hydrogens (tertiary/aromatic N) is 2. The van der Waals surface area contributed by atoms with Gasteiger partial charge in [0, 0.05) is 41.9 Å². The molecule has 0 radical (unpaired) electrons. The van der Waals surface area contributed by atoms with Gasteiger partial charge in [-0.05, 0) is 59.3 Å². The molecular weight excluding hydrogens is 382 g/mol. The molecule has 0 aromatic heterocycles. The molecule has 2 aromatic carbocycles. The second kappa shape index (κ2) is 7.70. The van der Waals surface area contributed by atoms with E-state index in [1.165, 1.54) is 0 Å². The molecule has 130 valence electrons. The summed E-state index contributed by atoms with van der Waals surface area (Å²) in [6.07, 6.45) is 0. The smallest absolute Gasteiger partial charge is 0.321 e. The molecule has 0 spiro atoms. The van der Waals surface area contributed by atoms with Crippen molar-refractivity contribution in [3.63, 3.8) is 0 Å². The molecule has 1 heterocycles. The lowest BCUT2D eigenvalue weighted by Crippen LogP contribution is -2.50. The number of carbonyl (C=O) groups is 2. The SMILES string of the molecule is CC(=O)c1ccc(N2CCN(C(=O)Nc3ccccc3Br)CC2)cc1. The molecule has 1 aliphatic heterocycles. The topological polar surface area (TPSA) is 52.7 Å². The van der Waals surface area contributed by atoms with Crippen LogP contribution in [0.25, 0.3) is 0 Å². The summed E-state index contributed by atoms with van der Waals surface area (Å²) in [4.78, 5) is 27.8. The van der Waals surface area contributed by atoms with E-state index in [-0.39, 0.29) is 11.8 Å². The Morgan fingerprint density at radius 2 is 1.60 bits per heavy atom. The molecule has 1 saturated heterocycles. The summed E-state index contributed by atoms with van der Waals surface area (Å²) in [5.74, 6) is 0.0695. The van der Waals surface area contributed by atoms with Gasteiger partial charge in [0.15, 0.2) is 5.78 Å². The standard InChI is InChI=1S/C19H20BrN3O2/c1-14(24)15-6-8-16(9-7-15)22-10-12-23(13-11-22)19(25)21-18-5-3-2-4-17(18)20/h2-9H,10-13H2,1H3,(H,21,25). The van der Waals surface area contributed by atoms with Crippen molar-refractivity contribution < 1.29 is 9.59 Å². The second-order valence-electron chi connectivity index (χ2n) is 5.99. The number of hydrogen-bond acceptors (Lipinski definition) is 3. The number of nitrogens with one attached hydrogen (secondary N) is 1. The van der Waals surface area contributed by atoms with Gasteiger partial charge in [-0.15, -0.1) is 0 Å². The molecule has 3 rings (SSSR count). The molecular formula is C19H20BrN3O2. The maximum atomic E-state index is 12.4. The van der Waals surface area contributed by atoms with Crippen molar-refractivity contribution in [3.8, 4) is 0 Å². The molecule has 0 bridgehead atoms. The van der Waals surface area contributed by atoms with E-state index in [9.17, 15) is 9.59 Å². The fourth-order valence-corrected chi connectivity index (χ4v) is 3.22. The number of urea groups is 1. The predicted molar refractivity (Wildman–Crippen MR) is 103 cm³/mol. The van der Waals surface area contributed by atoms with Gasteiger partial charge in [0.1, 0.15) is 0 Å². The van der Waals surface area contributed by atoms with Gasteiger partial charge < -0.3 is 15.1 Å². The number of benzene rings is 2. The minimum absolute atomic E-state index is 0.0695. The Morgan fingerprint density at radius 1 is 0.960 bits per heavy atom. The van der Waals surface area contributed by atoms with E-state index in [1.54, 1.807) is 6.92 Å². The highest BCUT2D eigenvalue weighted by Crippen LogP contribution is 2.22. The second-order valence-corrected chi connectivity index (χ2v) is 6.84. The van der Waals surface area contributed by atoms with E-state index in [4.69, 9.17) is 0 Å². The van der Waals surface area contributed by atoms with Crippen molar-refractivity contribution in [2.24, 2.45) is 0 Å². The molecule has 1 fully saturated rings. The summed E-state index contributed by atoms with van der Waals surface area (Å²) >= 11 is 3.44. The Bertz CT molecular complexity index is 768. The van der Waals surface area contributed by atoms with Crippen LogP contribution in [0.4, 0.5) is 16.2 Å². The average molecular weight is 402 g/mol. The third-order valence-corrected chi connectivity index (χ3v) is 5.01. The van der Waals surface area contributed by atoms with Crippen molar-refractivity contribution in [1.82, 2.24) is 4.90 Å². The van der Waals surface area contributed by atoms with Crippen LogP contribution in [0, 0.1) is 0 Å². The number of carbonyl (C=O) groups excluding carboxylic acids is 2. The van der Waals surface area contributed by atoms with E-state index in [2.05, 4.69) is 26.1 Å². The molecule has 0 aliphatic carbocycles. The average Bonchev–Trinajstić information content (AvgIpc) is 2.64. The number of rotatable bonds is 3. The summed E-state index contributed by atoms with van der Waals surface area (Å²) in [6, 6.07) is 15.1. The van der Waals surface area contributed by atoms with E-state index in [0.717, 1.165) is 34.5 Å². The van der Waals surface area contributed by atoms with Gasteiger partial charge in [0.05, 0.1) is 5.69 Å². The van der Waals surface area contributed by atoms with Crippen LogP contribution in [0.1, 0.15) is 17.3 Å². The van der Waals surface area contributed by atoms with Gasteiger partial charge in [0.25, 0.3) is 0 Å². The number of piperazine rings is 1. The van der Waals surface area contributed by atoms with Crippen molar-refractivity contribution in [2.45, 2.75) is 6.92 Å². The Hall–Kier alpha value is -2.34. The van der Waals surface area contributed by atoms with E-state index >= 15 is 0 Å². The summed E-state index contributed by atoms with van der Waals surface area (Å²) < 4.78 is 0.868. The van der Waals surface area contributed by atoms with Crippen LogP contribution in [0.15, 0.2) is 53.0 Å². The van der Waals surface area contributed by atoms with Crippen molar-refractivity contribution in [2.75, 3.05) is 36.4 Å². The zero-order valence-corrected chi connectivity index (χ0v) is 15.6. The van der Waals surface area contributed by atoms with Crippen LogP contribution in [0.2, 0.25) is 0 Å². The van der Waals surface area contributed by atoms with Crippen molar-refractivity contribution in [1.29, 1.82) is 0 Å². The van der Waals surface area contributed by atoms with Crippen LogP contribution in [0.5, 0.6) is 0 Å². The summed E-state index contributed by atoms with van der Waals surface area (Å²) in [5.41, 5.74) is 2.57. The number of para-hydroxylation sites is 1. The Balaban J connectivity index is 1.57. The van der Waals surface area contributed by atoms with Crippen LogP contribution >= 0.6 is 15.9 Å². The molecule has 1 aliphatic rings.